The third kappa shape index (κ3) is 4.68. The fourth-order valence-corrected chi connectivity index (χ4v) is 5.55. The number of alkyl halides is 2. The number of anilines is 1. The minimum absolute atomic E-state index is 0.138. The Balaban J connectivity index is 1.41. The molecule has 1 saturated heterocycles. The van der Waals surface area contributed by atoms with Crippen LogP contribution in [0.15, 0.2) is 42.5 Å². The van der Waals surface area contributed by atoms with Crippen molar-refractivity contribution in [3.05, 3.63) is 64.7 Å². The van der Waals surface area contributed by atoms with Crippen molar-refractivity contribution in [1.29, 1.82) is 0 Å². The third-order valence-corrected chi connectivity index (χ3v) is 9.17. The molecular formula is C25H23Br2NO5. The summed E-state index contributed by atoms with van der Waals surface area (Å²) in [6, 6.07) is 11.5. The first-order valence-corrected chi connectivity index (χ1v) is 12.5. The van der Waals surface area contributed by atoms with E-state index in [1.807, 2.05) is 19.9 Å². The van der Waals surface area contributed by atoms with Gasteiger partial charge in [0, 0.05) is 15.2 Å². The number of hydrogen-bond donors (Lipinski definition) is 0. The first-order chi connectivity index (χ1) is 15.7. The lowest BCUT2D eigenvalue weighted by atomic mass is 9.81. The number of ether oxygens (including phenoxy) is 1. The van der Waals surface area contributed by atoms with Crippen molar-refractivity contribution in [3.63, 3.8) is 0 Å². The monoisotopic (exact) mass is 575 g/mol. The summed E-state index contributed by atoms with van der Waals surface area (Å²) in [4.78, 5) is 52.1. The zero-order valence-electron chi connectivity index (χ0n) is 18.2. The summed E-state index contributed by atoms with van der Waals surface area (Å²) < 4.78 is 5.18. The van der Waals surface area contributed by atoms with Crippen LogP contribution in [0, 0.1) is 25.7 Å². The second kappa shape index (κ2) is 9.50. The molecule has 2 aromatic rings. The SMILES string of the molecule is Cc1ccc(C(=O)COC(=O)c2ccc(N3C(=O)[C@@H]4C[C@H](Br)[C@@H](Br)C[C@H]4C3=O)cc2)cc1C. The van der Waals surface area contributed by atoms with Gasteiger partial charge in [-0.2, -0.15) is 0 Å². The second-order valence-corrected chi connectivity index (χ2v) is 10.9. The van der Waals surface area contributed by atoms with Gasteiger partial charge in [0.15, 0.2) is 12.4 Å². The largest absolute Gasteiger partial charge is 0.454 e. The predicted molar refractivity (Wildman–Crippen MR) is 131 cm³/mol. The van der Waals surface area contributed by atoms with E-state index < -0.39 is 5.97 Å². The summed E-state index contributed by atoms with van der Waals surface area (Å²) in [6.07, 6.45) is 1.20. The number of fused-ring (bicyclic) bond motifs is 1. The number of hydrogen-bond acceptors (Lipinski definition) is 5. The normalized spacial score (nSPS) is 24.5. The van der Waals surface area contributed by atoms with Crippen LogP contribution in [0.3, 0.4) is 0 Å². The Morgan fingerprint density at radius 1 is 0.879 bits per heavy atom. The van der Waals surface area contributed by atoms with Crippen LogP contribution in [0.5, 0.6) is 0 Å². The number of esters is 1. The number of halogens is 2. The van der Waals surface area contributed by atoms with Gasteiger partial charge in [-0.3, -0.25) is 19.3 Å². The van der Waals surface area contributed by atoms with Gasteiger partial charge in [0.1, 0.15) is 0 Å². The van der Waals surface area contributed by atoms with Crippen LogP contribution in [-0.2, 0) is 14.3 Å². The number of carbonyl (C=O) groups excluding carboxylic acids is 4. The van der Waals surface area contributed by atoms with Crippen LogP contribution in [0.4, 0.5) is 5.69 Å². The van der Waals surface area contributed by atoms with Crippen molar-refractivity contribution in [1.82, 2.24) is 0 Å². The summed E-state index contributed by atoms with van der Waals surface area (Å²) in [6.45, 7) is 3.51. The Hall–Kier alpha value is -2.32. The topological polar surface area (TPSA) is 80.8 Å². The Labute approximate surface area is 208 Å². The van der Waals surface area contributed by atoms with E-state index in [2.05, 4.69) is 31.9 Å². The maximum Gasteiger partial charge on any atom is 0.338 e. The van der Waals surface area contributed by atoms with Gasteiger partial charge in [0.25, 0.3) is 0 Å². The highest BCUT2D eigenvalue weighted by atomic mass is 79.9. The molecular weight excluding hydrogens is 554 g/mol. The molecule has 172 valence electrons. The Morgan fingerprint density at radius 2 is 1.42 bits per heavy atom. The molecule has 2 fully saturated rings. The van der Waals surface area contributed by atoms with Gasteiger partial charge in [-0.05, 0) is 68.1 Å². The molecule has 33 heavy (non-hydrogen) atoms. The Kier molecular flexibility index (Phi) is 6.86. The van der Waals surface area contributed by atoms with Gasteiger partial charge < -0.3 is 4.74 Å². The molecule has 1 heterocycles. The van der Waals surface area contributed by atoms with Crippen molar-refractivity contribution in [3.8, 4) is 0 Å². The molecule has 6 nitrogen and oxygen atoms in total. The zero-order valence-corrected chi connectivity index (χ0v) is 21.4. The molecule has 2 aromatic carbocycles. The Bertz CT molecular complexity index is 1100. The summed E-state index contributed by atoms with van der Waals surface area (Å²) in [5.41, 5.74) is 3.23. The molecule has 1 saturated carbocycles. The molecule has 2 amide bonds. The van der Waals surface area contributed by atoms with Crippen molar-refractivity contribution in [2.24, 2.45) is 11.8 Å². The molecule has 1 aliphatic carbocycles. The molecule has 0 bridgehead atoms. The lowest BCUT2D eigenvalue weighted by Gasteiger charge is -2.29. The van der Waals surface area contributed by atoms with E-state index in [4.69, 9.17) is 4.74 Å². The Morgan fingerprint density at radius 3 is 1.97 bits per heavy atom. The fourth-order valence-electron chi connectivity index (χ4n) is 4.31. The van der Waals surface area contributed by atoms with E-state index in [0.717, 1.165) is 11.1 Å². The lowest BCUT2D eigenvalue weighted by Crippen LogP contribution is -2.34. The van der Waals surface area contributed by atoms with Gasteiger partial charge >= 0.3 is 5.97 Å². The number of imide groups is 1. The molecule has 0 spiro atoms. The van der Waals surface area contributed by atoms with E-state index in [0.29, 0.717) is 24.1 Å². The van der Waals surface area contributed by atoms with Gasteiger partial charge in [-0.15, -0.1) is 0 Å². The molecule has 8 heteroatoms. The number of benzene rings is 2. The quantitative estimate of drug-likeness (QED) is 0.222. The zero-order chi connectivity index (χ0) is 23.9. The molecule has 0 unspecified atom stereocenters. The number of ketones is 1. The minimum atomic E-state index is -0.643. The van der Waals surface area contributed by atoms with Crippen molar-refractivity contribution >= 4 is 61.1 Å². The average molecular weight is 577 g/mol. The van der Waals surface area contributed by atoms with Crippen LogP contribution in [-0.4, -0.2) is 39.8 Å². The van der Waals surface area contributed by atoms with Gasteiger partial charge in [0.05, 0.1) is 23.1 Å². The maximum absolute atomic E-state index is 12.9. The van der Waals surface area contributed by atoms with E-state index >= 15 is 0 Å². The molecule has 4 atom stereocenters. The van der Waals surface area contributed by atoms with Crippen LogP contribution in [0.1, 0.15) is 44.7 Å². The standard InChI is InChI=1S/C25H23Br2NO5/c1-13-3-4-16(9-14(13)2)22(29)12-33-25(32)15-5-7-17(8-6-15)28-23(30)18-10-20(26)21(27)11-19(18)24(28)31/h3-9,18-21H,10-12H2,1-2H3/t18-,19-,20+,21+/m1/s1. The van der Waals surface area contributed by atoms with Crippen molar-refractivity contribution < 1.29 is 23.9 Å². The summed E-state index contributed by atoms with van der Waals surface area (Å²) in [7, 11) is 0. The number of aryl methyl sites for hydroxylation is 2. The van der Waals surface area contributed by atoms with E-state index in [1.165, 1.54) is 17.0 Å². The van der Waals surface area contributed by atoms with Crippen molar-refractivity contribution in [2.45, 2.75) is 36.3 Å². The van der Waals surface area contributed by atoms with Crippen molar-refractivity contribution in [2.75, 3.05) is 11.5 Å². The van der Waals surface area contributed by atoms with Crippen LogP contribution in [0.2, 0.25) is 0 Å². The van der Waals surface area contributed by atoms with E-state index in [-0.39, 0.29) is 51.3 Å². The molecule has 2 aliphatic rings. The van der Waals surface area contributed by atoms with Crippen LogP contribution >= 0.6 is 31.9 Å². The first kappa shape index (κ1) is 23.8. The number of Topliss-reactive ketones (excluding diaryl/α,β-unsaturated/α-hetero) is 1. The number of rotatable bonds is 5. The van der Waals surface area contributed by atoms with E-state index in [9.17, 15) is 19.2 Å². The third-order valence-electron chi connectivity index (χ3n) is 6.44. The minimum Gasteiger partial charge on any atom is -0.454 e. The summed E-state index contributed by atoms with van der Waals surface area (Å²) in [5.74, 6) is -2.01. The lowest BCUT2D eigenvalue weighted by molar-refractivity contribution is -0.122. The number of amides is 2. The number of nitrogens with zero attached hydrogens (tertiary/aromatic N) is 1. The molecule has 4 rings (SSSR count). The average Bonchev–Trinajstić information content (AvgIpc) is 3.03. The highest BCUT2D eigenvalue weighted by molar-refractivity contribution is 9.12. The van der Waals surface area contributed by atoms with Crippen LogP contribution < -0.4 is 4.90 Å². The van der Waals surface area contributed by atoms with Crippen LogP contribution in [0.25, 0.3) is 0 Å². The van der Waals surface area contributed by atoms with Gasteiger partial charge in [0.2, 0.25) is 11.8 Å². The smallest absolute Gasteiger partial charge is 0.338 e. The molecule has 0 aromatic heterocycles. The second-order valence-electron chi connectivity index (χ2n) is 8.57. The highest BCUT2D eigenvalue weighted by Gasteiger charge is 2.52. The van der Waals surface area contributed by atoms with Gasteiger partial charge in [-0.1, -0.05) is 44.0 Å². The highest BCUT2D eigenvalue weighted by Crippen LogP contribution is 2.44. The fraction of sp³-hybridized carbons (Fsp3) is 0.360. The summed E-state index contributed by atoms with van der Waals surface area (Å²) >= 11 is 7.16. The summed E-state index contributed by atoms with van der Waals surface area (Å²) in [5, 5.41) is 0. The van der Waals surface area contributed by atoms with Gasteiger partial charge in [-0.25, -0.2) is 4.79 Å². The molecule has 0 radical (unpaired) electrons. The first-order valence-electron chi connectivity index (χ1n) is 10.7. The number of carbonyl (C=O) groups is 4. The molecule has 1 aliphatic heterocycles. The predicted octanol–water partition coefficient (Wildman–Crippen LogP) is 4.77. The van der Waals surface area contributed by atoms with E-state index in [1.54, 1.807) is 24.3 Å². The molecule has 0 N–H and O–H groups in total. The maximum atomic E-state index is 12.9.